The quantitative estimate of drug-likeness (QED) is 0.739. The standard InChI is InChI=1S/C18H28N2O4/c1-18(2,3)24-17(21)19-9-10-20(12-16-13-23-16)11-14-5-7-15(22-4)8-6-14/h5-8,16H,9-13H2,1-4H3,(H,19,21). The molecule has 1 saturated heterocycles. The molecule has 1 unspecified atom stereocenters. The monoisotopic (exact) mass is 336 g/mol. The van der Waals surface area contributed by atoms with Crippen molar-refractivity contribution in [2.45, 2.75) is 39.0 Å². The van der Waals surface area contributed by atoms with E-state index >= 15 is 0 Å². The summed E-state index contributed by atoms with van der Waals surface area (Å²) >= 11 is 0. The number of nitrogens with zero attached hydrogens (tertiary/aromatic N) is 1. The maximum absolute atomic E-state index is 11.7. The summed E-state index contributed by atoms with van der Waals surface area (Å²) in [5.74, 6) is 0.849. The third kappa shape index (κ3) is 7.19. The van der Waals surface area contributed by atoms with Crippen molar-refractivity contribution in [1.29, 1.82) is 0 Å². The van der Waals surface area contributed by atoms with Crippen LogP contribution in [0.25, 0.3) is 0 Å². The van der Waals surface area contributed by atoms with E-state index in [1.807, 2.05) is 32.9 Å². The molecule has 0 radical (unpaired) electrons. The van der Waals surface area contributed by atoms with Gasteiger partial charge >= 0.3 is 6.09 Å². The zero-order valence-electron chi connectivity index (χ0n) is 15.0. The van der Waals surface area contributed by atoms with Gasteiger partial charge in [0.1, 0.15) is 11.4 Å². The van der Waals surface area contributed by atoms with Crippen LogP contribution in [0, 0.1) is 0 Å². The first-order valence-corrected chi connectivity index (χ1v) is 8.29. The van der Waals surface area contributed by atoms with E-state index < -0.39 is 5.60 Å². The van der Waals surface area contributed by atoms with Crippen LogP contribution in [0.4, 0.5) is 4.79 Å². The summed E-state index contributed by atoms with van der Waals surface area (Å²) in [4.78, 5) is 14.0. The Morgan fingerprint density at radius 1 is 1.33 bits per heavy atom. The lowest BCUT2D eigenvalue weighted by atomic mass is 10.2. The fourth-order valence-electron chi connectivity index (χ4n) is 2.32. The van der Waals surface area contributed by atoms with Crippen molar-refractivity contribution >= 4 is 6.09 Å². The first-order chi connectivity index (χ1) is 11.4. The molecule has 0 saturated carbocycles. The van der Waals surface area contributed by atoms with Gasteiger partial charge in [-0.25, -0.2) is 4.79 Å². The Morgan fingerprint density at radius 3 is 2.54 bits per heavy atom. The fourth-order valence-corrected chi connectivity index (χ4v) is 2.32. The van der Waals surface area contributed by atoms with Crippen LogP contribution < -0.4 is 10.1 Å². The molecule has 1 atom stereocenters. The van der Waals surface area contributed by atoms with Gasteiger partial charge in [-0.2, -0.15) is 0 Å². The molecule has 1 heterocycles. The van der Waals surface area contributed by atoms with Gasteiger partial charge in [0.25, 0.3) is 0 Å². The molecule has 1 aromatic carbocycles. The van der Waals surface area contributed by atoms with Crippen LogP contribution >= 0.6 is 0 Å². The second-order valence-electron chi connectivity index (χ2n) is 6.97. The van der Waals surface area contributed by atoms with Crippen molar-refractivity contribution < 1.29 is 19.0 Å². The van der Waals surface area contributed by atoms with Gasteiger partial charge in [0.15, 0.2) is 0 Å². The highest BCUT2D eigenvalue weighted by Gasteiger charge is 2.25. The van der Waals surface area contributed by atoms with Crippen LogP contribution in [-0.4, -0.2) is 56.0 Å². The van der Waals surface area contributed by atoms with Gasteiger partial charge < -0.3 is 19.5 Å². The number of hydrogen-bond donors (Lipinski definition) is 1. The lowest BCUT2D eigenvalue weighted by molar-refractivity contribution is 0.0521. The fraction of sp³-hybridized carbons (Fsp3) is 0.611. The molecule has 0 spiro atoms. The van der Waals surface area contributed by atoms with Crippen LogP contribution in [0.3, 0.4) is 0 Å². The Bertz CT molecular complexity index is 521. The van der Waals surface area contributed by atoms with E-state index in [-0.39, 0.29) is 6.09 Å². The minimum absolute atomic E-state index is 0.310. The average molecular weight is 336 g/mol. The molecule has 0 aromatic heterocycles. The lowest BCUT2D eigenvalue weighted by Gasteiger charge is -2.23. The molecule has 1 N–H and O–H groups in total. The Balaban J connectivity index is 1.80. The van der Waals surface area contributed by atoms with E-state index in [0.29, 0.717) is 12.6 Å². The molecule has 6 heteroatoms. The maximum Gasteiger partial charge on any atom is 0.407 e. The second-order valence-corrected chi connectivity index (χ2v) is 6.97. The smallest absolute Gasteiger partial charge is 0.407 e. The van der Waals surface area contributed by atoms with Crippen molar-refractivity contribution in [3.8, 4) is 5.75 Å². The van der Waals surface area contributed by atoms with Crippen LogP contribution in [0.15, 0.2) is 24.3 Å². The number of ether oxygens (including phenoxy) is 3. The molecule has 24 heavy (non-hydrogen) atoms. The van der Waals surface area contributed by atoms with Gasteiger partial charge in [-0.05, 0) is 38.5 Å². The van der Waals surface area contributed by atoms with E-state index in [1.54, 1.807) is 7.11 Å². The number of carbonyl (C=O) groups excluding carboxylic acids is 1. The van der Waals surface area contributed by atoms with Crippen molar-refractivity contribution in [3.05, 3.63) is 29.8 Å². The maximum atomic E-state index is 11.7. The first-order valence-electron chi connectivity index (χ1n) is 8.29. The largest absolute Gasteiger partial charge is 0.497 e. The number of benzene rings is 1. The molecule has 1 aromatic rings. The van der Waals surface area contributed by atoms with E-state index in [2.05, 4.69) is 22.3 Å². The van der Waals surface area contributed by atoms with Crippen LogP contribution in [-0.2, 0) is 16.0 Å². The SMILES string of the molecule is COc1ccc(CN(CCNC(=O)OC(C)(C)C)CC2CO2)cc1. The van der Waals surface area contributed by atoms with Crippen molar-refractivity contribution in [3.63, 3.8) is 0 Å². The zero-order valence-corrected chi connectivity index (χ0v) is 15.0. The number of methoxy groups -OCH3 is 1. The number of epoxide rings is 1. The summed E-state index contributed by atoms with van der Waals surface area (Å²) in [5, 5.41) is 2.80. The Hall–Kier alpha value is -1.79. The highest BCUT2D eigenvalue weighted by Crippen LogP contribution is 2.16. The molecule has 1 aliphatic rings. The topological polar surface area (TPSA) is 63.3 Å². The summed E-state index contributed by atoms with van der Waals surface area (Å²) in [6, 6.07) is 8.03. The predicted octanol–water partition coefficient (Wildman–Crippen LogP) is 2.42. The normalized spacial score (nSPS) is 16.8. The highest BCUT2D eigenvalue weighted by molar-refractivity contribution is 5.67. The predicted molar refractivity (Wildman–Crippen MR) is 92.2 cm³/mol. The Labute approximate surface area is 144 Å². The van der Waals surface area contributed by atoms with Crippen LogP contribution in [0.1, 0.15) is 26.3 Å². The summed E-state index contributed by atoms with van der Waals surface area (Å²) in [7, 11) is 1.66. The number of alkyl carbamates (subject to hydrolysis) is 1. The zero-order chi connectivity index (χ0) is 17.6. The van der Waals surface area contributed by atoms with Gasteiger partial charge in [-0.1, -0.05) is 12.1 Å². The third-order valence-corrected chi connectivity index (χ3v) is 3.53. The first kappa shape index (κ1) is 18.5. The molecule has 1 aliphatic heterocycles. The van der Waals surface area contributed by atoms with E-state index in [1.165, 1.54) is 5.56 Å². The molecule has 1 amide bonds. The molecule has 134 valence electrons. The van der Waals surface area contributed by atoms with Gasteiger partial charge in [0.2, 0.25) is 0 Å². The minimum atomic E-state index is -0.477. The molecular formula is C18H28N2O4. The highest BCUT2D eigenvalue weighted by atomic mass is 16.6. The molecule has 0 bridgehead atoms. The number of nitrogens with one attached hydrogen (secondary N) is 1. The van der Waals surface area contributed by atoms with Gasteiger partial charge in [-0.3, -0.25) is 4.90 Å². The number of rotatable bonds is 8. The molecule has 0 aliphatic carbocycles. The number of hydrogen-bond acceptors (Lipinski definition) is 5. The lowest BCUT2D eigenvalue weighted by Crippen LogP contribution is -2.39. The van der Waals surface area contributed by atoms with Gasteiger partial charge in [0.05, 0.1) is 19.8 Å². The van der Waals surface area contributed by atoms with E-state index in [4.69, 9.17) is 14.2 Å². The molecule has 6 nitrogen and oxygen atoms in total. The summed E-state index contributed by atoms with van der Waals surface area (Å²) in [6.45, 7) is 9.33. The third-order valence-electron chi connectivity index (χ3n) is 3.53. The summed E-state index contributed by atoms with van der Waals surface area (Å²) in [6.07, 6.45) is -0.0701. The molecule has 2 rings (SSSR count). The summed E-state index contributed by atoms with van der Waals surface area (Å²) < 4.78 is 15.8. The number of amides is 1. The Morgan fingerprint density at radius 2 is 2.00 bits per heavy atom. The van der Waals surface area contributed by atoms with Crippen LogP contribution in [0.2, 0.25) is 0 Å². The van der Waals surface area contributed by atoms with Crippen molar-refractivity contribution in [2.24, 2.45) is 0 Å². The van der Waals surface area contributed by atoms with Crippen molar-refractivity contribution in [2.75, 3.05) is 33.4 Å². The van der Waals surface area contributed by atoms with Crippen LogP contribution in [0.5, 0.6) is 5.75 Å². The second kappa shape index (κ2) is 8.35. The molecule has 1 fully saturated rings. The number of carbonyl (C=O) groups is 1. The van der Waals surface area contributed by atoms with Crippen molar-refractivity contribution in [1.82, 2.24) is 10.2 Å². The minimum Gasteiger partial charge on any atom is -0.497 e. The molecular weight excluding hydrogens is 308 g/mol. The Kier molecular flexibility index (Phi) is 6.45. The van der Waals surface area contributed by atoms with Gasteiger partial charge in [-0.15, -0.1) is 0 Å². The van der Waals surface area contributed by atoms with E-state index in [0.717, 1.165) is 32.0 Å². The van der Waals surface area contributed by atoms with E-state index in [9.17, 15) is 4.79 Å². The average Bonchev–Trinajstić information content (AvgIpc) is 3.30. The summed E-state index contributed by atoms with van der Waals surface area (Å²) in [5.41, 5.74) is 0.725. The van der Waals surface area contributed by atoms with Gasteiger partial charge in [0, 0.05) is 26.2 Å².